The van der Waals surface area contributed by atoms with Gasteiger partial charge in [-0.25, -0.2) is 4.39 Å². The Morgan fingerprint density at radius 1 is 1.42 bits per heavy atom. The summed E-state index contributed by atoms with van der Waals surface area (Å²) in [5, 5.41) is 0. The molecule has 24 heavy (non-hydrogen) atoms. The number of nitrogens with zero attached hydrogens (tertiary/aromatic N) is 1. The summed E-state index contributed by atoms with van der Waals surface area (Å²) in [7, 11) is 3.38. The maximum Gasteiger partial charge on any atom is 0.222 e. The fourth-order valence-corrected chi connectivity index (χ4v) is 2.66. The minimum absolute atomic E-state index is 0.0652. The van der Waals surface area contributed by atoms with Crippen molar-refractivity contribution in [1.82, 2.24) is 4.90 Å². The van der Waals surface area contributed by atoms with Crippen molar-refractivity contribution in [2.24, 2.45) is 5.41 Å². The first-order chi connectivity index (χ1) is 11.3. The Balaban J connectivity index is 2.72. The molecule has 0 aromatic rings. The number of hydrogen-bond donors (Lipinski definition) is 0. The van der Waals surface area contributed by atoms with E-state index in [0.717, 1.165) is 11.3 Å². The third kappa shape index (κ3) is 6.87. The van der Waals surface area contributed by atoms with Crippen LogP contribution in [0.25, 0.3) is 0 Å². The minimum atomic E-state index is -0.294. The lowest BCUT2D eigenvalue weighted by molar-refractivity contribution is -0.132. The zero-order chi connectivity index (χ0) is 18.2. The lowest BCUT2D eigenvalue weighted by Crippen LogP contribution is -2.33. The van der Waals surface area contributed by atoms with E-state index in [4.69, 9.17) is 9.47 Å². The monoisotopic (exact) mass is 339 g/mol. The number of carbonyl (C=O) groups excluding carboxylic acids is 1. The van der Waals surface area contributed by atoms with Gasteiger partial charge in [-0.05, 0) is 36.5 Å². The summed E-state index contributed by atoms with van der Waals surface area (Å²) < 4.78 is 24.4. The van der Waals surface area contributed by atoms with Crippen LogP contribution in [-0.2, 0) is 14.3 Å². The van der Waals surface area contributed by atoms with E-state index in [1.165, 1.54) is 12.2 Å². The second-order valence-electron chi connectivity index (χ2n) is 6.82. The van der Waals surface area contributed by atoms with E-state index in [1.807, 2.05) is 20.8 Å². The molecule has 0 unspecified atom stereocenters. The van der Waals surface area contributed by atoms with E-state index in [2.05, 4.69) is 0 Å². The average Bonchev–Trinajstić information content (AvgIpc) is 2.67. The smallest absolute Gasteiger partial charge is 0.222 e. The van der Waals surface area contributed by atoms with Crippen molar-refractivity contribution < 1.29 is 18.7 Å². The summed E-state index contributed by atoms with van der Waals surface area (Å²) in [5.41, 5.74) is 0.520. The second kappa shape index (κ2) is 9.62. The summed E-state index contributed by atoms with van der Waals surface area (Å²) in [6.07, 6.45) is 6.24. The van der Waals surface area contributed by atoms with Gasteiger partial charge in [-0.2, -0.15) is 0 Å². The number of ether oxygens (including phenoxy) is 2. The van der Waals surface area contributed by atoms with Crippen LogP contribution in [0.5, 0.6) is 0 Å². The van der Waals surface area contributed by atoms with E-state index in [1.54, 1.807) is 25.1 Å². The molecule has 0 fully saturated rings. The largest absolute Gasteiger partial charge is 0.500 e. The molecule has 0 N–H and O–H groups in total. The van der Waals surface area contributed by atoms with Crippen molar-refractivity contribution in [2.45, 2.75) is 40.0 Å². The lowest BCUT2D eigenvalue weighted by Gasteiger charge is -2.28. The van der Waals surface area contributed by atoms with Gasteiger partial charge in [0, 0.05) is 33.0 Å². The molecule has 0 aromatic carbocycles. The van der Waals surface area contributed by atoms with Crippen LogP contribution in [0.15, 0.2) is 35.4 Å². The van der Waals surface area contributed by atoms with Crippen LogP contribution in [-0.4, -0.2) is 44.7 Å². The Morgan fingerprint density at radius 3 is 2.75 bits per heavy atom. The molecular weight excluding hydrogens is 309 g/mol. The highest BCUT2D eigenvalue weighted by Gasteiger charge is 2.26. The van der Waals surface area contributed by atoms with Crippen molar-refractivity contribution in [2.75, 3.05) is 33.9 Å². The highest BCUT2D eigenvalue weighted by molar-refractivity contribution is 5.76. The normalized spacial score (nSPS) is 15.2. The van der Waals surface area contributed by atoms with Crippen LogP contribution in [0.2, 0.25) is 0 Å². The molecule has 4 nitrogen and oxygen atoms in total. The van der Waals surface area contributed by atoms with Gasteiger partial charge in [0.2, 0.25) is 5.91 Å². The summed E-state index contributed by atoms with van der Waals surface area (Å²) >= 11 is 0. The van der Waals surface area contributed by atoms with E-state index in [9.17, 15) is 9.18 Å². The number of allylic oxidation sites excluding steroid dienone is 5. The summed E-state index contributed by atoms with van der Waals surface area (Å²) in [6.45, 7) is 7.73. The van der Waals surface area contributed by atoms with Gasteiger partial charge in [-0.1, -0.05) is 19.9 Å². The van der Waals surface area contributed by atoms with Gasteiger partial charge in [-0.15, -0.1) is 0 Å². The highest BCUT2D eigenvalue weighted by atomic mass is 19.1. The van der Waals surface area contributed by atoms with Crippen LogP contribution in [0.1, 0.15) is 40.0 Å². The van der Waals surface area contributed by atoms with Crippen LogP contribution >= 0.6 is 0 Å². The zero-order valence-electron chi connectivity index (χ0n) is 15.5. The number of halogens is 1. The number of methoxy groups -OCH3 is 1. The average molecular weight is 339 g/mol. The maximum atomic E-state index is 13.7. The summed E-state index contributed by atoms with van der Waals surface area (Å²) in [4.78, 5) is 14.1. The molecule has 136 valence electrons. The molecule has 0 atom stereocenters. The predicted molar refractivity (Wildman–Crippen MR) is 94.1 cm³/mol. The maximum absolute atomic E-state index is 13.7. The molecule has 0 saturated carbocycles. The number of hydrogen-bond acceptors (Lipinski definition) is 3. The van der Waals surface area contributed by atoms with E-state index in [-0.39, 0.29) is 17.1 Å². The fraction of sp³-hybridized carbons (Fsp3) is 0.632. The molecular formula is C19H30FNO3. The molecule has 1 rings (SSSR count). The SMILES string of the molecule is CCOCCN(C)C(=O)CC(C)(C)CC1=C(OC)CC=CC(F)=C1. The van der Waals surface area contributed by atoms with Crippen molar-refractivity contribution in [3.63, 3.8) is 0 Å². The van der Waals surface area contributed by atoms with Crippen LogP contribution in [0.4, 0.5) is 4.39 Å². The molecule has 0 radical (unpaired) electrons. The predicted octanol–water partition coefficient (Wildman–Crippen LogP) is 4.00. The number of carbonyl (C=O) groups is 1. The summed E-state index contributed by atoms with van der Waals surface area (Å²) in [5.74, 6) is 0.535. The second-order valence-corrected chi connectivity index (χ2v) is 6.82. The molecule has 1 aliphatic carbocycles. The quantitative estimate of drug-likeness (QED) is 0.596. The Kier molecular flexibility index (Phi) is 8.19. The molecule has 5 heteroatoms. The third-order valence-electron chi connectivity index (χ3n) is 4.00. The van der Waals surface area contributed by atoms with Crippen LogP contribution < -0.4 is 0 Å². The van der Waals surface area contributed by atoms with Gasteiger partial charge < -0.3 is 14.4 Å². The summed E-state index contributed by atoms with van der Waals surface area (Å²) in [6, 6.07) is 0. The molecule has 0 spiro atoms. The molecule has 0 bridgehead atoms. The first kappa shape index (κ1) is 20.4. The van der Waals surface area contributed by atoms with Crippen LogP contribution in [0, 0.1) is 5.41 Å². The van der Waals surface area contributed by atoms with Crippen LogP contribution in [0.3, 0.4) is 0 Å². The van der Waals surface area contributed by atoms with Gasteiger partial charge in [0.15, 0.2) is 0 Å². The fourth-order valence-electron chi connectivity index (χ4n) is 2.66. The van der Waals surface area contributed by atoms with Gasteiger partial charge in [0.1, 0.15) is 11.6 Å². The third-order valence-corrected chi connectivity index (χ3v) is 4.00. The van der Waals surface area contributed by atoms with E-state index >= 15 is 0 Å². The Morgan fingerprint density at radius 2 is 2.12 bits per heavy atom. The van der Waals surface area contributed by atoms with Gasteiger partial charge >= 0.3 is 0 Å². The van der Waals surface area contributed by atoms with Crippen molar-refractivity contribution in [1.29, 1.82) is 0 Å². The molecule has 0 aromatic heterocycles. The van der Waals surface area contributed by atoms with Crippen molar-refractivity contribution >= 4 is 5.91 Å². The highest BCUT2D eigenvalue weighted by Crippen LogP contribution is 2.34. The first-order valence-electron chi connectivity index (χ1n) is 8.40. The van der Waals surface area contributed by atoms with Crippen molar-refractivity contribution in [3.8, 4) is 0 Å². The van der Waals surface area contributed by atoms with Gasteiger partial charge in [0.05, 0.1) is 13.7 Å². The number of amides is 1. The van der Waals surface area contributed by atoms with Crippen molar-refractivity contribution in [3.05, 3.63) is 35.4 Å². The van der Waals surface area contributed by atoms with Gasteiger partial charge in [0.25, 0.3) is 0 Å². The topological polar surface area (TPSA) is 38.8 Å². The van der Waals surface area contributed by atoms with E-state index in [0.29, 0.717) is 39.0 Å². The lowest BCUT2D eigenvalue weighted by atomic mass is 9.81. The Bertz CT molecular complexity index is 521. The van der Waals surface area contributed by atoms with Gasteiger partial charge in [-0.3, -0.25) is 4.79 Å². The Hall–Kier alpha value is -1.62. The number of likely N-dealkylation sites (N-methyl/N-ethyl adjacent to an activating group) is 1. The molecule has 1 aliphatic rings. The molecule has 0 aliphatic heterocycles. The number of rotatable bonds is 9. The zero-order valence-corrected chi connectivity index (χ0v) is 15.5. The first-order valence-corrected chi connectivity index (χ1v) is 8.40. The minimum Gasteiger partial charge on any atom is -0.500 e. The Labute approximate surface area is 145 Å². The molecule has 0 heterocycles. The molecule has 1 amide bonds. The standard InChI is InChI=1S/C19H30FNO3/c1-6-24-11-10-21(4)18(22)14-19(2,3)13-15-12-16(20)8-7-9-17(15)23-5/h7-8,12H,6,9-11,13-14H2,1-5H3. The van der Waals surface area contributed by atoms with E-state index < -0.39 is 0 Å². The molecule has 0 saturated heterocycles.